The van der Waals surface area contributed by atoms with Crippen LogP contribution in [-0.2, 0) is 0 Å². The lowest BCUT2D eigenvalue weighted by molar-refractivity contribution is 0.0826. The van der Waals surface area contributed by atoms with Crippen LogP contribution in [0.2, 0.25) is 0 Å². The van der Waals surface area contributed by atoms with Gasteiger partial charge < -0.3 is 4.90 Å². The number of rotatable bonds is 2. The van der Waals surface area contributed by atoms with E-state index in [2.05, 4.69) is 4.90 Å². The van der Waals surface area contributed by atoms with Gasteiger partial charge in [0.2, 0.25) is 0 Å². The van der Waals surface area contributed by atoms with Crippen LogP contribution in [0.1, 0.15) is 32.1 Å². The van der Waals surface area contributed by atoms with Crippen molar-refractivity contribution >= 4 is 12.4 Å². The van der Waals surface area contributed by atoms with Crippen LogP contribution in [0.5, 0.6) is 0 Å². The molecule has 0 N–H and O–H groups in total. The molecule has 0 aromatic rings. The molecule has 0 radical (unpaired) electrons. The average molecular weight is 222 g/mol. The molecule has 1 nitrogen and oxygen atoms in total. The first-order valence-corrected chi connectivity index (χ1v) is 5.68. The van der Waals surface area contributed by atoms with Crippen molar-refractivity contribution in [2.24, 2.45) is 11.8 Å². The molecule has 84 valence electrons. The molecule has 2 unspecified atom stereocenters. The summed E-state index contributed by atoms with van der Waals surface area (Å²) in [4.78, 5) is 2.31. The van der Waals surface area contributed by atoms with Crippen molar-refractivity contribution in [1.82, 2.24) is 4.90 Å². The van der Waals surface area contributed by atoms with Gasteiger partial charge in [0, 0.05) is 13.1 Å². The summed E-state index contributed by atoms with van der Waals surface area (Å²) in [5.41, 5.74) is 0. The summed E-state index contributed by atoms with van der Waals surface area (Å²) in [6, 6.07) is 0. The molecule has 1 aliphatic carbocycles. The highest BCUT2D eigenvalue weighted by atomic mass is 35.5. The first-order chi connectivity index (χ1) is 6.40. The number of hydrogen-bond donors (Lipinski definition) is 0. The molecule has 0 amide bonds. The van der Waals surface area contributed by atoms with E-state index in [0.29, 0.717) is 6.54 Å². The summed E-state index contributed by atoms with van der Waals surface area (Å²) >= 11 is 0. The van der Waals surface area contributed by atoms with E-state index >= 15 is 0 Å². The molecule has 1 heterocycles. The molecule has 14 heavy (non-hydrogen) atoms. The summed E-state index contributed by atoms with van der Waals surface area (Å²) in [6.07, 6.45) is 7.00. The predicted octanol–water partition coefficient (Wildman–Crippen LogP) is 2.89. The van der Waals surface area contributed by atoms with Gasteiger partial charge in [-0.15, -0.1) is 12.4 Å². The van der Waals surface area contributed by atoms with E-state index in [1.54, 1.807) is 0 Å². The van der Waals surface area contributed by atoms with E-state index in [-0.39, 0.29) is 19.1 Å². The van der Waals surface area contributed by atoms with Crippen LogP contribution in [0.25, 0.3) is 0 Å². The van der Waals surface area contributed by atoms with Crippen molar-refractivity contribution in [3.8, 4) is 0 Å². The maximum absolute atomic E-state index is 12.2. The van der Waals surface area contributed by atoms with Crippen molar-refractivity contribution in [2.75, 3.05) is 26.3 Å². The van der Waals surface area contributed by atoms with Crippen LogP contribution in [0.15, 0.2) is 0 Å². The highest BCUT2D eigenvalue weighted by Crippen LogP contribution is 2.35. The Kier molecular flexibility index (Phi) is 5.18. The highest BCUT2D eigenvalue weighted by Gasteiger charge is 2.30. The number of nitrogens with zero attached hydrogens (tertiary/aromatic N) is 1. The molecule has 0 bridgehead atoms. The van der Waals surface area contributed by atoms with Gasteiger partial charge in [0.05, 0.1) is 0 Å². The largest absolute Gasteiger partial charge is 0.300 e. The first-order valence-electron chi connectivity index (χ1n) is 5.68. The molecule has 0 spiro atoms. The Morgan fingerprint density at radius 1 is 1.07 bits per heavy atom. The fraction of sp³-hybridized carbons (Fsp3) is 1.00. The standard InChI is InChI=1S/C11H20FN.ClH/c12-6-8-13-7-5-10-3-1-2-4-11(10)9-13;/h10-11H,1-9H2;1H. The summed E-state index contributed by atoms with van der Waals surface area (Å²) in [7, 11) is 0. The van der Waals surface area contributed by atoms with Crippen molar-refractivity contribution in [3.63, 3.8) is 0 Å². The molecule has 2 fully saturated rings. The van der Waals surface area contributed by atoms with Gasteiger partial charge in [0.1, 0.15) is 6.67 Å². The van der Waals surface area contributed by atoms with E-state index in [9.17, 15) is 4.39 Å². The van der Waals surface area contributed by atoms with Crippen LogP contribution >= 0.6 is 12.4 Å². The lowest BCUT2D eigenvalue weighted by atomic mass is 9.75. The molecule has 0 aromatic heterocycles. The number of halogens is 2. The summed E-state index contributed by atoms with van der Waals surface area (Å²) in [5, 5.41) is 0. The number of fused-ring (bicyclic) bond motifs is 1. The number of hydrogen-bond acceptors (Lipinski definition) is 1. The van der Waals surface area contributed by atoms with E-state index < -0.39 is 0 Å². The zero-order valence-electron chi connectivity index (χ0n) is 8.75. The zero-order valence-corrected chi connectivity index (χ0v) is 9.57. The minimum Gasteiger partial charge on any atom is -0.300 e. The van der Waals surface area contributed by atoms with Gasteiger partial charge in [-0.2, -0.15) is 0 Å². The van der Waals surface area contributed by atoms with Crippen LogP contribution < -0.4 is 0 Å². The molecule has 2 aliphatic rings. The third-order valence-corrected chi connectivity index (χ3v) is 3.78. The van der Waals surface area contributed by atoms with E-state index in [4.69, 9.17) is 0 Å². The lowest BCUT2D eigenvalue weighted by Crippen LogP contribution is -2.42. The fourth-order valence-corrected chi connectivity index (χ4v) is 3.00. The average Bonchev–Trinajstić information content (AvgIpc) is 2.18. The molecular formula is C11H21ClFN. The summed E-state index contributed by atoms with van der Waals surface area (Å²) in [6.45, 7) is 2.82. The monoisotopic (exact) mass is 221 g/mol. The van der Waals surface area contributed by atoms with Crippen molar-refractivity contribution in [3.05, 3.63) is 0 Å². The molecule has 1 saturated carbocycles. The second-order valence-corrected chi connectivity index (χ2v) is 4.58. The van der Waals surface area contributed by atoms with Gasteiger partial charge in [-0.3, -0.25) is 0 Å². The number of likely N-dealkylation sites (tertiary alicyclic amines) is 1. The Hall–Kier alpha value is 0.180. The molecule has 1 saturated heterocycles. The maximum atomic E-state index is 12.2. The minimum absolute atomic E-state index is 0. The molecule has 2 rings (SSSR count). The Balaban J connectivity index is 0.000000980. The van der Waals surface area contributed by atoms with E-state index in [1.165, 1.54) is 38.6 Å². The topological polar surface area (TPSA) is 3.24 Å². The van der Waals surface area contributed by atoms with Gasteiger partial charge >= 0.3 is 0 Å². The van der Waals surface area contributed by atoms with Gasteiger partial charge in [-0.25, -0.2) is 4.39 Å². The van der Waals surface area contributed by atoms with Gasteiger partial charge in [0.15, 0.2) is 0 Å². The second-order valence-electron chi connectivity index (χ2n) is 4.58. The predicted molar refractivity (Wildman–Crippen MR) is 59.7 cm³/mol. The van der Waals surface area contributed by atoms with Crippen molar-refractivity contribution < 1.29 is 4.39 Å². The molecule has 1 aliphatic heterocycles. The molecule has 0 aromatic carbocycles. The van der Waals surface area contributed by atoms with Crippen LogP contribution in [0.4, 0.5) is 4.39 Å². The van der Waals surface area contributed by atoms with E-state index in [1.807, 2.05) is 0 Å². The Bertz CT molecular complexity index is 165. The van der Waals surface area contributed by atoms with Gasteiger partial charge in [-0.1, -0.05) is 19.3 Å². The summed E-state index contributed by atoms with van der Waals surface area (Å²) < 4.78 is 12.2. The van der Waals surface area contributed by atoms with Crippen molar-refractivity contribution in [2.45, 2.75) is 32.1 Å². The van der Waals surface area contributed by atoms with E-state index in [0.717, 1.165) is 18.4 Å². The van der Waals surface area contributed by atoms with Gasteiger partial charge in [0.25, 0.3) is 0 Å². The fourth-order valence-electron chi connectivity index (χ4n) is 3.00. The normalized spacial score (nSPS) is 33.2. The highest BCUT2D eigenvalue weighted by molar-refractivity contribution is 5.85. The Labute approximate surface area is 92.5 Å². The number of piperidine rings is 1. The number of alkyl halides is 1. The third-order valence-electron chi connectivity index (χ3n) is 3.78. The Morgan fingerprint density at radius 2 is 1.79 bits per heavy atom. The maximum Gasteiger partial charge on any atom is 0.102 e. The molecular weight excluding hydrogens is 201 g/mol. The van der Waals surface area contributed by atoms with Crippen LogP contribution in [-0.4, -0.2) is 31.2 Å². The minimum atomic E-state index is -0.169. The quantitative estimate of drug-likeness (QED) is 0.693. The van der Waals surface area contributed by atoms with Crippen molar-refractivity contribution in [1.29, 1.82) is 0 Å². The smallest absolute Gasteiger partial charge is 0.102 e. The summed E-state index contributed by atoms with van der Waals surface area (Å²) in [5.74, 6) is 1.87. The molecule has 3 heteroatoms. The first kappa shape index (κ1) is 12.3. The Morgan fingerprint density at radius 3 is 2.50 bits per heavy atom. The SMILES string of the molecule is Cl.FCCN1CCC2CCCCC2C1. The molecule has 2 atom stereocenters. The van der Waals surface area contributed by atoms with Crippen LogP contribution in [0, 0.1) is 11.8 Å². The second kappa shape index (κ2) is 5.92. The zero-order chi connectivity index (χ0) is 9.10. The van der Waals surface area contributed by atoms with Crippen LogP contribution in [0.3, 0.4) is 0 Å². The third kappa shape index (κ3) is 2.83. The van der Waals surface area contributed by atoms with Gasteiger partial charge in [-0.05, 0) is 31.2 Å². The lowest BCUT2D eigenvalue weighted by Gasteiger charge is -2.41.